The Morgan fingerprint density at radius 2 is 2.36 bits per heavy atom. The van der Waals surface area contributed by atoms with E-state index in [2.05, 4.69) is 40.3 Å². The lowest BCUT2D eigenvalue weighted by molar-refractivity contribution is 0.278. The lowest BCUT2D eigenvalue weighted by Crippen LogP contribution is -2.47. The molecule has 0 aromatic carbocycles. The molecule has 0 bridgehead atoms. The van der Waals surface area contributed by atoms with Crippen molar-refractivity contribution in [3.8, 4) is 0 Å². The van der Waals surface area contributed by atoms with Crippen LogP contribution in [-0.2, 0) is 6.42 Å². The van der Waals surface area contributed by atoms with Crippen molar-refractivity contribution in [3.05, 3.63) is 20.8 Å². The molecular weight excluding hydrogens is 258 g/mol. The van der Waals surface area contributed by atoms with Crippen molar-refractivity contribution >= 4 is 27.3 Å². The maximum atomic E-state index is 3.64. The summed E-state index contributed by atoms with van der Waals surface area (Å²) < 4.78 is 1.24. The first-order chi connectivity index (χ1) is 6.68. The van der Waals surface area contributed by atoms with E-state index < -0.39 is 0 Å². The van der Waals surface area contributed by atoms with E-state index in [9.17, 15) is 0 Å². The molecule has 78 valence electrons. The number of rotatable bonds is 2. The maximum Gasteiger partial charge on any atom is 0.0701 e. The van der Waals surface area contributed by atoms with Crippen LogP contribution >= 0.6 is 27.3 Å². The average molecular weight is 274 g/mol. The molecule has 0 spiro atoms. The largest absolute Gasteiger partial charge is 0.311 e. The first kappa shape index (κ1) is 10.7. The van der Waals surface area contributed by atoms with E-state index in [1.807, 2.05) is 11.3 Å². The SMILES string of the molecule is CC1(Cc2ccc(Br)s2)CCCCN1. The summed E-state index contributed by atoms with van der Waals surface area (Å²) >= 11 is 5.37. The Hall–Kier alpha value is 0.140. The van der Waals surface area contributed by atoms with Crippen LogP contribution in [0.25, 0.3) is 0 Å². The van der Waals surface area contributed by atoms with Crippen molar-refractivity contribution in [3.63, 3.8) is 0 Å². The Kier molecular flexibility index (Phi) is 3.30. The van der Waals surface area contributed by atoms with E-state index in [1.54, 1.807) is 0 Å². The van der Waals surface area contributed by atoms with E-state index >= 15 is 0 Å². The van der Waals surface area contributed by atoms with E-state index in [-0.39, 0.29) is 0 Å². The number of piperidine rings is 1. The van der Waals surface area contributed by atoms with Gasteiger partial charge in [-0.05, 0) is 60.8 Å². The predicted octanol–water partition coefficient (Wildman–Crippen LogP) is 3.59. The molecule has 1 unspecified atom stereocenters. The molecular formula is C11H16BrNS. The van der Waals surface area contributed by atoms with Crippen LogP contribution in [0, 0.1) is 0 Å². The van der Waals surface area contributed by atoms with Crippen LogP contribution in [0.2, 0.25) is 0 Å². The van der Waals surface area contributed by atoms with Crippen LogP contribution < -0.4 is 5.32 Å². The van der Waals surface area contributed by atoms with Gasteiger partial charge in [0, 0.05) is 10.4 Å². The molecule has 1 saturated heterocycles. The molecule has 1 atom stereocenters. The lowest BCUT2D eigenvalue weighted by Gasteiger charge is -2.34. The summed E-state index contributed by atoms with van der Waals surface area (Å²) in [6.07, 6.45) is 5.19. The Morgan fingerprint density at radius 3 is 2.93 bits per heavy atom. The summed E-state index contributed by atoms with van der Waals surface area (Å²) in [4.78, 5) is 1.48. The fourth-order valence-corrected chi connectivity index (χ4v) is 3.77. The standard InChI is InChI=1S/C11H16BrNS/c1-11(6-2-3-7-13-11)8-9-4-5-10(12)14-9/h4-5,13H,2-3,6-8H2,1H3. The van der Waals surface area contributed by atoms with E-state index in [4.69, 9.17) is 0 Å². The third-order valence-electron chi connectivity index (χ3n) is 2.90. The van der Waals surface area contributed by atoms with Crippen LogP contribution in [0.5, 0.6) is 0 Å². The summed E-state index contributed by atoms with van der Waals surface area (Å²) in [6.45, 7) is 3.53. The fourth-order valence-electron chi connectivity index (χ4n) is 2.10. The van der Waals surface area contributed by atoms with Crippen molar-refractivity contribution in [1.29, 1.82) is 0 Å². The molecule has 0 aliphatic carbocycles. The predicted molar refractivity (Wildman–Crippen MR) is 66.0 cm³/mol. The molecule has 0 radical (unpaired) electrons. The summed E-state index contributed by atoms with van der Waals surface area (Å²) in [5, 5.41) is 3.64. The maximum absolute atomic E-state index is 3.64. The minimum Gasteiger partial charge on any atom is -0.311 e. The van der Waals surface area contributed by atoms with E-state index in [1.165, 1.54) is 40.9 Å². The minimum atomic E-state index is 0.336. The summed E-state index contributed by atoms with van der Waals surface area (Å²) in [5.41, 5.74) is 0.336. The van der Waals surface area contributed by atoms with Crippen LogP contribution in [0.4, 0.5) is 0 Å². The van der Waals surface area contributed by atoms with Crippen molar-refractivity contribution in [2.75, 3.05) is 6.54 Å². The zero-order valence-electron chi connectivity index (χ0n) is 8.48. The molecule has 1 aliphatic rings. The summed E-state index contributed by atoms with van der Waals surface area (Å²) in [6, 6.07) is 4.38. The van der Waals surface area contributed by atoms with Crippen molar-refractivity contribution in [2.45, 2.75) is 38.1 Å². The number of hydrogen-bond donors (Lipinski definition) is 1. The van der Waals surface area contributed by atoms with Crippen LogP contribution in [0.1, 0.15) is 31.1 Å². The van der Waals surface area contributed by atoms with Gasteiger partial charge in [0.1, 0.15) is 0 Å². The molecule has 2 heterocycles. The van der Waals surface area contributed by atoms with Gasteiger partial charge < -0.3 is 5.32 Å². The van der Waals surface area contributed by atoms with Gasteiger partial charge in [-0.25, -0.2) is 0 Å². The normalized spacial score (nSPS) is 27.9. The van der Waals surface area contributed by atoms with Gasteiger partial charge in [0.25, 0.3) is 0 Å². The number of hydrogen-bond acceptors (Lipinski definition) is 2. The van der Waals surface area contributed by atoms with Gasteiger partial charge in [-0.3, -0.25) is 0 Å². The lowest BCUT2D eigenvalue weighted by atomic mass is 9.87. The van der Waals surface area contributed by atoms with Gasteiger partial charge in [0.05, 0.1) is 3.79 Å². The molecule has 1 aliphatic heterocycles. The second-order valence-electron chi connectivity index (χ2n) is 4.33. The molecule has 1 nitrogen and oxygen atoms in total. The highest BCUT2D eigenvalue weighted by Gasteiger charge is 2.26. The molecule has 2 rings (SSSR count). The zero-order valence-corrected chi connectivity index (χ0v) is 10.9. The first-order valence-corrected chi connectivity index (χ1v) is 6.78. The van der Waals surface area contributed by atoms with Gasteiger partial charge in [-0.15, -0.1) is 11.3 Å². The Morgan fingerprint density at radius 1 is 1.50 bits per heavy atom. The number of nitrogens with one attached hydrogen (secondary N) is 1. The zero-order chi connectivity index (χ0) is 10.0. The van der Waals surface area contributed by atoms with Crippen LogP contribution in [-0.4, -0.2) is 12.1 Å². The van der Waals surface area contributed by atoms with Gasteiger partial charge >= 0.3 is 0 Å². The highest BCUT2D eigenvalue weighted by molar-refractivity contribution is 9.11. The fraction of sp³-hybridized carbons (Fsp3) is 0.636. The second-order valence-corrected chi connectivity index (χ2v) is 6.87. The van der Waals surface area contributed by atoms with Crippen LogP contribution in [0.15, 0.2) is 15.9 Å². The van der Waals surface area contributed by atoms with Crippen molar-refractivity contribution in [2.24, 2.45) is 0 Å². The third kappa shape index (κ3) is 2.59. The topological polar surface area (TPSA) is 12.0 Å². The van der Waals surface area contributed by atoms with Gasteiger partial charge in [-0.2, -0.15) is 0 Å². The average Bonchev–Trinajstić information content (AvgIpc) is 2.51. The third-order valence-corrected chi connectivity index (χ3v) is 4.52. The molecule has 1 aromatic heterocycles. The monoisotopic (exact) mass is 273 g/mol. The first-order valence-electron chi connectivity index (χ1n) is 5.17. The molecule has 1 fully saturated rings. The van der Waals surface area contributed by atoms with E-state index in [0.717, 1.165) is 0 Å². The highest BCUT2D eigenvalue weighted by Crippen LogP contribution is 2.29. The summed E-state index contributed by atoms with van der Waals surface area (Å²) in [7, 11) is 0. The van der Waals surface area contributed by atoms with Crippen LogP contribution in [0.3, 0.4) is 0 Å². The van der Waals surface area contributed by atoms with E-state index in [0.29, 0.717) is 5.54 Å². The second kappa shape index (κ2) is 4.33. The quantitative estimate of drug-likeness (QED) is 0.869. The molecule has 14 heavy (non-hydrogen) atoms. The smallest absolute Gasteiger partial charge is 0.0701 e. The number of halogens is 1. The molecule has 1 N–H and O–H groups in total. The molecule has 0 amide bonds. The Labute approximate surface area is 98.0 Å². The molecule has 0 saturated carbocycles. The molecule has 1 aromatic rings. The van der Waals surface area contributed by atoms with Crippen molar-refractivity contribution < 1.29 is 0 Å². The summed E-state index contributed by atoms with van der Waals surface area (Å²) in [5.74, 6) is 0. The van der Waals surface area contributed by atoms with Gasteiger partial charge in [0.2, 0.25) is 0 Å². The van der Waals surface area contributed by atoms with Gasteiger partial charge in [0.15, 0.2) is 0 Å². The highest BCUT2D eigenvalue weighted by atomic mass is 79.9. The van der Waals surface area contributed by atoms with Gasteiger partial charge in [-0.1, -0.05) is 6.42 Å². The molecule has 3 heteroatoms. The Balaban J connectivity index is 2.01. The minimum absolute atomic E-state index is 0.336. The van der Waals surface area contributed by atoms with Crippen molar-refractivity contribution in [1.82, 2.24) is 5.32 Å². The Bertz CT molecular complexity index is 302. The number of thiophene rings is 1.